The van der Waals surface area contributed by atoms with E-state index >= 15 is 0 Å². The number of benzene rings is 1. The molecule has 1 fully saturated rings. The fourth-order valence-electron chi connectivity index (χ4n) is 2.67. The summed E-state index contributed by atoms with van der Waals surface area (Å²) in [5.74, 6) is 1.57. The number of ether oxygens (including phenoxy) is 1. The van der Waals surface area contributed by atoms with Crippen LogP contribution in [0, 0.1) is 0 Å². The van der Waals surface area contributed by atoms with Crippen molar-refractivity contribution >= 4 is 22.8 Å². The zero-order valence-corrected chi connectivity index (χ0v) is 12.5. The quantitative estimate of drug-likeness (QED) is 0.830. The molecule has 108 valence electrons. The smallest absolute Gasteiger partial charge is 0.166 e. The van der Waals surface area contributed by atoms with E-state index in [2.05, 4.69) is 9.97 Å². The van der Waals surface area contributed by atoms with Crippen molar-refractivity contribution in [2.45, 2.75) is 43.4 Å². The first kappa shape index (κ1) is 13.8. The number of nitrogens with zero attached hydrogens (tertiary/aromatic N) is 1. The molecule has 4 nitrogen and oxygen atoms in total. The first-order chi connectivity index (χ1) is 9.68. The lowest BCUT2D eigenvalue weighted by Gasteiger charge is -2.20. The van der Waals surface area contributed by atoms with Crippen LogP contribution in [0.25, 0.3) is 11.0 Å². The van der Waals surface area contributed by atoms with E-state index in [0.29, 0.717) is 12.4 Å². The average molecular weight is 292 g/mol. The van der Waals surface area contributed by atoms with Gasteiger partial charge in [-0.3, -0.25) is 0 Å². The summed E-state index contributed by atoms with van der Waals surface area (Å²) in [6, 6.07) is 5.87. The molecule has 1 aromatic carbocycles. The summed E-state index contributed by atoms with van der Waals surface area (Å²) in [5, 5.41) is 11.2. The van der Waals surface area contributed by atoms with Gasteiger partial charge in [0.25, 0.3) is 0 Å². The SMILES string of the molecule is CCOc1ccc2nc(SCC3(O)CCCC3)[nH]c2c1. The Morgan fingerprint density at radius 1 is 1.40 bits per heavy atom. The molecule has 0 spiro atoms. The first-order valence-corrected chi connectivity index (χ1v) is 8.15. The molecule has 2 aromatic rings. The van der Waals surface area contributed by atoms with Gasteiger partial charge in [0.05, 0.1) is 23.2 Å². The van der Waals surface area contributed by atoms with Crippen molar-refractivity contribution in [3.05, 3.63) is 18.2 Å². The Morgan fingerprint density at radius 3 is 2.95 bits per heavy atom. The molecule has 0 radical (unpaired) electrons. The van der Waals surface area contributed by atoms with Gasteiger partial charge >= 0.3 is 0 Å². The number of aromatic amines is 1. The van der Waals surface area contributed by atoms with E-state index in [1.807, 2.05) is 25.1 Å². The number of nitrogens with one attached hydrogen (secondary N) is 1. The first-order valence-electron chi connectivity index (χ1n) is 7.16. The molecular weight excluding hydrogens is 272 g/mol. The molecule has 1 heterocycles. The zero-order valence-electron chi connectivity index (χ0n) is 11.7. The third-order valence-corrected chi connectivity index (χ3v) is 4.90. The molecule has 2 N–H and O–H groups in total. The average Bonchev–Trinajstić information content (AvgIpc) is 3.03. The van der Waals surface area contributed by atoms with E-state index in [0.717, 1.165) is 47.6 Å². The molecule has 1 aromatic heterocycles. The maximum atomic E-state index is 10.4. The molecule has 0 bridgehead atoms. The van der Waals surface area contributed by atoms with Gasteiger partial charge in [0.2, 0.25) is 0 Å². The van der Waals surface area contributed by atoms with Crippen LogP contribution in [0.2, 0.25) is 0 Å². The summed E-state index contributed by atoms with van der Waals surface area (Å²) in [6.07, 6.45) is 4.09. The Balaban J connectivity index is 1.72. The highest BCUT2D eigenvalue weighted by Crippen LogP contribution is 2.34. The molecule has 3 rings (SSSR count). The van der Waals surface area contributed by atoms with Crippen LogP contribution in [0.3, 0.4) is 0 Å². The number of fused-ring (bicyclic) bond motifs is 1. The zero-order chi connectivity index (χ0) is 14.0. The highest BCUT2D eigenvalue weighted by atomic mass is 32.2. The lowest BCUT2D eigenvalue weighted by Crippen LogP contribution is -2.27. The molecule has 0 aliphatic heterocycles. The standard InChI is InChI=1S/C15H20N2O2S/c1-2-19-11-5-6-12-13(9-11)17-14(16-12)20-10-15(18)7-3-4-8-15/h5-6,9,18H,2-4,7-8,10H2,1H3,(H,16,17). The predicted octanol–water partition coefficient (Wildman–Crippen LogP) is 3.36. The molecule has 0 atom stereocenters. The van der Waals surface area contributed by atoms with E-state index < -0.39 is 5.60 Å². The van der Waals surface area contributed by atoms with Gasteiger partial charge in [0, 0.05) is 11.8 Å². The number of aromatic nitrogens is 2. The van der Waals surface area contributed by atoms with E-state index in [1.54, 1.807) is 11.8 Å². The number of H-pyrrole nitrogens is 1. The van der Waals surface area contributed by atoms with Crippen molar-refractivity contribution in [1.82, 2.24) is 9.97 Å². The lowest BCUT2D eigenvalue weighted by molar-refractivity contribution is 0.0732. The van der Waals surface area contributed by atoms with Crippen LogP contribution in [-0.2, 0) is 0 Å². The van der Waals surface area contributed by atoms with Gasteiger partial charge in [0.15, 0.2) is 5.16 Å². The Bertz CT molecular complexity index is 591. The molecule has 0 unspecified atom stereocenters. The maximum absolute atomic E-state index is 10.4. The summed E-state index contributed by atoms with van der Waals surface area (Å²) in [6.45, 7) is 2.63. The van der Waals surface area contributed by atoms with Crippen molar-refractivity contribution in [2.24, 2.45) is 0 Å². The van der Waals surface area contributed by atoms with Crippen LogP contribution < -0.4 is 4.74 Å². The molecule has 0 amide bonds. The van der Waals surface area contributed by atoms with E-state index in [-0.39, 0.29) is 0 Å². The molecule has 5 heteroatoms. The molecular formula is C15H20N2O2S. The van der Waals surface area contributed by atoms with Crippen molar-refractivity contribution in [3.63, 3.8) is 0 Å². The number of hydrogen-bond donors (Lipinski definition) is 2. The Morgan fingerprint density at radius 2 is 2.20 bits per heavy atom. The maximum Gasteiger partial charge on any atom is 0.166 e. The molecule has 0 saturated heterocycles. The number of hydrogen-bond acceptors (Lipinski definition) is 4. The second-order valence-electron chi connectivity index (χ2n) is 5.37. The Kier molecular flexibility index (Phi) is 3.89. The number of aliphatic hydroxyl groups is 1. The highest BCUT2D eigenvalue weighted by Gasteiger charge is 2.31. The summed E-state index contributed by atoms with van der Waals surface area (Å²) in [4.78, 5) is 7.84. The largest absolute Gasteiger partial charge is 0.494 e. The lowest BCUT2D eigenvalue weighted by atomic mass is 10.1. The Labute approximate surface area is 122 Å². The van der Waals surface area contributed by atoms with Crippen LogP contribution >= 0.6 is 11.8 Å². The topological polar surface area (TPSA) is 58.1 Å². The van der Waals surface area contributed by atoms with E-state index in [4.69, 9.17) is 4.74 Å². The predicted molar refractivity (Wildman–Crippen MR) is 81.4 cm³/mol. The fourth-order valence-corrected chi connectivity index (χ4v) is 3.71. The third kappa shape index (κ3) is 2.94. The van der Waals surface area contributed by atoms with Crippen LogP contribution in [0.15, 0.2) is 23.4 Å². The van der Waals surface area contributed by atoms with Gasteiger partial charge in [-0.25, -0.2) is 4.98 Å². The van der Waals surface area contributed by atoms with Gasteiger partial charge in [0.1, 0.15) is 5.75 Å². The minimum absolute atomic E-state index is 0.500. The number of rotatable bonds is 5. The highest BCUT2D eigenvalue weighted by molar-refractivity contribution is 7.99. The normalized spacial score (nSPS) is 17.7. The summed E-state index contributed by atoms with van der Waals surface area (Å²) < 4.78 is 5.49. The second kappa shape index (κ2) is 5.66. The van der Waals surface area contributed by atoms with Crippen molar-refractivity contribution < 1.29 is 9.84 Å². The molecule has 20 heavy (non-hydrogen) atoms. The third-order valence-electron chi connectivity index (χ3n) is 3.75. The van der Waals surface area contributed by atoms with Crippen LogP contribution in [-0.4, -0.2) is 33.0 Å². The van der Waals surface area contributed by atoms with E-state index in [9.17, 15) is 5.11 Å². The van der Waals surface area contributed by atoms with Crippen molar-refractivity contribution in [1.29, 1.82) is 0 Å². The van der Waals surface area contributed by atoms with Crippen molar-refractivity contribution in [2.75, 3.05) is 12.4 Å². The van der Waals surface area contributed by atoms with Gasteiger partial charge < -0.3 is 14.8 Å². The summed E-state index contributed by atoms with van der Waals surface area (Å²) in [5.41, 5.74) is 1.42. The van der Waals surface area contributed by atoms with Gasteiger partial charge in [-0.15, -0.1) is 0 Å². The molecule has 1 aliphatic carbocycles. The number of thioether (sulfide) groups is 1. The summed E-state index contributed by atoms with van der Waals surface area (Å²) >= 11 is 1.60. The van der Waals surface area contributed by atoms with Gasteiger partial charge in [-0.1, -0.05) is 24.6 Å². The second-order valence-corrected chi connectivity index (χ2v) is 6.34. The monoisotopic (exact) mass is 292 g/mol. The van der Waals surface area contributed by atoms with Crippen LogP contribution in [0.4, 0.5) is 0 Å². The molecule has 1 saturated carbocycles. The van der Waals surface area contributed by atoms with Crippen LogP contribution in [0.5, 0.6) is 5.75 Å². The minimum atomic E-state index is -0.500. The number of imidazole rings is 1. The van der Waals surface area contributed by atoms with E-state index in [1.165, 1.54) is 0 Å². The van der Waals surface area contributed by atoms with Crippen molar-refractivity contribution in [3.8, 4) is 5.75 Å². The minimum Gasteiger partial charge on any atom is -0.494 e. The molecule has 1 aliphatic rings. The Hall–Kier alpha value is -1.20. The fraction of sp³-hybridized carbons (Fsp3) is 0.533. The summed E-state index contributed by atoms with van der Waals surface area (Å²) in [7, 11) is 0. The van der Waals surface area contributed by atoms with Gasteiger partial charge in [-0.2, -0.15) is 0 Å². The van der Waals surface area contributed by atoms with Crippen LogP contribution in [0.1, 0.15) is 32.6 Å². The van der Waals surface area contributed by atoms with Gasteiger partial charge in [-0.05, 0) is 31.9 Å².